The molecule has 21 nitrogen and oxygen atoms in total. The van der Waals surface area contributed by atoms with E-state index in [1.165, 1.54) is 45.1 Å². The SMILES string of the molecule is C=CC(=O)N1CCN(c2nc(OCc3ncc[nH]3)nc3c2CCN(c2cccc4ccccc24)C3)C[C@@H]1CC#N.C=CC(=O)N1CCN(c2nc(OCc3nccn3C3CCCCO3)nc3c2CCN(c2cccc4ccccc24)C3)C[C@@H]1CC#N. The second-order valence-electron chi connectivity index (χ2n) is 21.9. The third-order valence-corrected chi connectivity index (χ3v) is 16.8. The fraction of sp³-hybridized carbons (Fsp3) is 0.354. The summed E-state index contributed by atoms with van der Waals surface area (Å²) in [5.41, 5.74) is 6.35. The summed E-state index contributed by atoms with van der Waals surface area (Å²) in [5, 5.41) is 23.9. The van der Waals surface area contributed by atoms with E-state index in [1.807, 2.05) is 10.8 Å². The van der Waals surface area contributed by atoms with E-state index >= 15 is 0 Å². The number of benzene rings is 4. The van der Waals surface area contributed by atoms with Crippen molar-refractivity contribution in [3.05, 3.63) is 169 Å². The Bertz CT molecular complexity index is 3840. The number of nitrogens with zero attached hydrogens (tertiary/aromatic N) is 15. The first-order valence-corrected chi connectivity index (χ1v) is 29.5. The zero-order valence-electron chi connectivity index (χ0n) is 48.1. The van der Waals surface area contributed by atoms with Crippen LogP contribution < -0.4 is 29.1 Å². The summed E-state index contributed by atoms with van der Waals surface area (Å²) in [7, 11) is 0. The molecule has 3 atom stereocenters. The number of ether oxygens (including phenoxy) is 3. The second-order valence-corrected chi connectivity index (χ2v) is 21.9. The Kier molecular flexibility index (Phi) is 17.1. The van der Waals surface area contributed by atoms with Gasteiger partial charge in [-0.2, -0.15) is 30.5 Å². The molecule has 1 unspecified atom stereocenters. The summed E-state index contributed by atoms with van der Waals surface area (Å²) in [4.78, 5) is 69.2. The van der Waals surface area contributed by atoms with Gasteiger partial charge in [-0.3, -0.25) is 9.59 Å². The minimum absolute atomic E-state index is 0.0456. The lowest BCUT2D eigenvalue weighted by molar-refractivity contribution is -0.129. The highest BCUT2D eigenvalue weighted by Crippen LogP contribution is 2.38. The van der Waals surface area contributed by atoms with E-state index in [9.17, 15) is 20.1 Å². The van der Waals surface area contributed by atoms with Crippen molar-refractivity contribution in [1.82, 2.24) is 49.3 Å². The molecule has 0 radical (unpaired) electrons. The van der Waals surface area contributed by atoms with Crippen molar-refractivity contribution in [2.24, 2.45) is 0 Å². The number of nitrogens with one attached hydrogen (secondary N) is 1. The summed E-state index contributed by atoms with van der Waals surface area (Å²) in [6.07, 6.45) is 14.9. The first-order chi connectivity index (χ1) is 42.3. The third-order valence-electron chi connectivity index (χ3n) is 16.8. The fourth-order valence-corrected chi connectivity index (χ4v) is 12.6. The smallest absolute Gasteiger partial charge is 0.319 e. The number of fused-ring (bicyclic) bond motifs is 4. The molecule has 0 spiro atoms. The predicted molar refractivity (Wildman–Crippen MR) is 326 cm³/mol. The van der Waals surface area contributed by atoms with E-state index in [4.69, 9.17) is 34.1 Å². The van der Waals surface area contributed by atoms with Crippen LogP contribution in [0.4, 0.5) is 23.0 Å². The molecule has 0 bridgehead atoms. The van der Waals surface area contributed by atoms with Crippen LogP contribution in [0.5, 0.6) is 12.0 Å². The highest BCUT2D eigenvalue weighted by atomic mass is 16.5. The van der Waals surface area contributed by atoms with Crippen LogP contribution >= 0.6 is 0 Å². The summed E-state index contributed by atoms with van der Waals surface area (Å²) in [6, 6.07) is 34.2. The molecular weight excluding hydrogens is 1080 g/mol. The predicted octanol–water partition coefficient (Wildman–Crippen LogP) is 8.40. The minimum Gasteiger partial charge on any atom is -0.455 e. The topological polar surface area (TPSA) is 227 Å². The molecule has 8 aromatic rings. The largest absolute Gasteiger partial charge is 0.455 e. The van der Waals surface area contributed by atoms with Gasteiger partial charge in [0.25, 0.3) is 0 Å². The molecule has 3 fully saturated rings. The molecule has 13 rings (SSSR count). The lowest BCUT2D eigenvalue weighted by Crippen LogP contribution is -2.55. The Morgan fingerprint density at radius 2 is 1.19 bits per heavy atom. The Morgan fingerprint density at radius 3 is 1.70 bits per heavy atom. The molecule has 5 aliphatic heterocycles. The van der Waals surface area contributed by atoms with E-state index < -0.39 is 0 Å². The quantitative estimate of drug-likeness (QED) is 0.0951. The fourth-order valence-electron chi connectivity index (χ4n) is 12.6. The molecule has 1 N–H and O–H groups in total. The number of piperazine rings is 2. The van der Waals surface area contributed by atoms with Crippen LogP contribution in [0.1, 0.15) is 72.5 Å². The van der Waals surface area contributed by atoms with Crippen molar-refractivity contribution in [3.63, 3.8) is 0 Å². The first-order valence-electron chi connectivity index (χ1n) is 29.5. The van der Waals surface area contributed by atoms with E-state index in [-0.39, 0.29) is 68.2 Å². The van der Waals surface area contributed by atoms with Gasteiger partial charge in [0.2, 0.25) is 11.8 Å². The van der Waals surface area contributed by atoms with Crippen LogP contribution in [0, 0.1) is 22.7 Å². The Balaban J connectivity index is 0.000000170. The van der Waals surface area contributed by atoms with Crippen molar-refractivity contribution in [2.45, 2.75) is 89.6 Å². The van der Waals surface area contributed by atoms with E-state index in [2.05, 4.69) is 145 Å². The molecule has 21 heteroatoms. The van der Waals surface area contributed by atoms with Crippen molar-refractivity contribution in [2.75, 3.05) is 78.6 Å². The summed E-state index contributed by atoms with van der Waals surface area (Å²) < 4.78 is 20.4. The average Bonchev–Trinajstić information content (AvgIpc) is 4.22. The number of H-pyrrole nitrogens is 1. The number of anilines is 4. The maximum atomic E-state index is 12.6. The third kappa shape index (κ3) is 12.1. The van der Waals surface area contributed by atoms with Gasteiger partial charge in [-0.25, -0.2) is 9.97 Å². The number of nitriles is 2. The van der Waals surface area contributed by atoms with Crippen molar-refractivity contribution < 1.29 is 23.8 Å². The van der Waals surface area contributed by atoms with Crippen molar-refractivity contribution in [1.29, 1.82) is 10.5 Å². The molecule has 3 saturated heterocycles. The van der Waals surface area contributed by atoms with Crippen LogP contribution in [0.15, 0.2) is 135 Å². The van der Waals surface area contributed by atoms with E-state index in [0.29, 0.717) is 58.2 Å². The molecule has 4 aromatic carbocycles. The standard InChI is InChI=1S/C35H38N8O3.C30H30N8O2/c1-2-32(44)42-20-19-41(22-26(42)13-15-36)34-28-14-17-40(30-11-7-9-25-8-3-4-10-27(25)30)23-29(28)38-35(39-34)46-24-31-37-16-18-43(31)33-12-5-6-21-45-33;1-2-28(39)38-17-16-37(18-22(38)10-12-31)29-24-11-15-36(26-9-5-7-21-6-3-4-8-23(21)26)19-25(24)34-30(35-29)40-20-27-32-13-14-33-27/h2-4,7-11,16,18,26,33H,1,5-6,12-14,17,19-24H2;2-9,13-14,22H,1,10-11,15-20H2,(H,32,33)/t26-,33?;22-/m00/s1. The van der Waals surface area contributed by atoms with Gasteiger partial charge in [-0.1, -0.05) is 86.0 Å². The number of aromatic amines is 1. The lowest BCUT2D eigenvalue weighted by Gasteiger charge is -2.42. The van der Waals surface area contributed by atoms with Crippen LogP contribution in [-0.2, 0) is 53.5 Å². The molecule has 0 saturated carbocycles. The zero-order chi connectivity index (χ0) is 58.9. The molecule has 5 aliphatic rings. The highest BCUT2D eigenvalue weighted by molar-refractivity contribution is 5.95. The number of aromatic nitrogens is 8. The number of imidazole rings is 2. The number of rotatable bonds is 15. The van der Waals surface area contributed by atoms with Gasteiger partial charge in [0, 0.05) is 117 Å². The van der Waals surface area contributed by atoms with Crippen molar-refractivity contribution >= 4 is 56.4 Å². The van der Waals surface area contributed by atoms with Crippen LogP contribution in [0.2, 0.25) is 0 Å². The Morgan fingerprint density at radius 1 is 0.640 bits per heavy atom. The molecule has 2 amide bonds. The number of amides is 2. The minimum atomic E-state index is -0.266. The normalized spacial score (nSPS) is 18.5. The van der Waals surface area contributed by atoms with Gasteiger partial charge in [0.05, 0.1) is 61.5 Å². The molecule has 4 aromatic heterocycles. The molecule has 0 aliphatic carbocycles. The first kappa shape index (κ1) is 56.6. The maximum absolute atomic E-state index is 12.6. The number of carbonyl (C=O) groups excluding carboxylic acids is 2. The highest BCUT2D eigenvalue weighted by Gasteiger charge is 2.36. The zero-order valence-corrected chi connectivity index (χ0v) is 48.1. The van der Waals surface area contributed by atoms with Crippen LogP contribution in [0.3, 0.4) is 0 Å². The van der Waals surface area contributed by atoms with Gasteiger partial charge < -0.3 is 53.2 Å². The number of carbonyl (C=O) groups is 2. The number of hydrogen-bond donors (Lipinski definition) is 1. The van der Waals surface area contributed by atoms with Crippen molar-refractivity contribution in [3.8, 4) is 24.2 Å². The summed E-state index contributed by atoms with van der Waals surface area (Å²) in [6.45, 7) is 14.5. The Labute approximate surface area is 499 Å². The number of hydrogen-bond acceptors (Lipinski definition) is 17. The monoisotopic (exact) mass is 1150 g/mol. The summed E-state index contributed by atoms with van der Waals surface area (Å²) >= 11 is 0. The summed E-state index contributed by atoms with van der Waals surface area (Å²) in [5.74, 6) is 2.76. The second kappa shape index (κ2) is 26.0. The van der Waals surface area contributed by atoms with Gasteiger partial charge >= 0.3 is 12.0 Å². The average molecular weight is 1150 g/mol. The van der Waals surface area contributed by atoms with Gasteiger partial charge in [0.15, 0.2) is 0 Å². The van der Waals surface area contributed by atoms with Gasteiger partial charge in [0.1, 0.15) is 42.7 Å². The molecule has 86 heavy (non-hydrogen) atoms. The maximum Gasteiger partial charge on any atom is 0.319 e. The van der Waals surface area contributed by atoms with Crippen LogP contribution in [-0.4, -0.2) is 132 Å². The van der Waals surface area contributed by atoms with E-state index in [0.717, 1.165) is 91.8 Å². The molecule has 438 valence electrons. The van der Waals surface area contributed by atoms with E-state index in [1.54, 1.807) is 28.4 Å². The van der Waals surface area contributed by atoms with Crippen LogP contribution in [0.25, 0.3) is 21.5 Å². The molecule has 9 heterocycles. The van der Waals surface area contributed by atoms with Gasteiger partial charge in [-0.15, -0.1) is 0 Å². The molecular formula is C65H68N16O5. The van der Waals surface area contributed by atoms with Gasteiger partial charge in [-0.05, 0) is 67.2 Å². The Hall–Kier alpha value is -9.86. The lowest BCUT2D eigenvalue weighted by atomic mass is 10.0.